The van der Waals surface area contributed by atoms with Gasteiger partial charge in [-0.25, -0.2) is 19.7 Å². The van der Waals surface area contributed by atoms with Gasteiger partial charge in [0.05, 0.1) is 24.6 Å². The fraction of sp³-hybridized carbons (Fsp3) is 0.357. The number of nitrogens with two attached hydrogens (primary N) is 1. The van der Waals surface area contributed by atoms with E-state index in [1.807, 2.05) is 0 Å². The predicted molar refractivity (Wildman–Crippen MR) is 93.6 cm³/mol. The molecule has 11 heteroatoms. The van der Waals surface area contributed by atoms with Crippen LogP contribution in [0.3, 0.4) is 0 Å². The van der Waals surface area contributed by atoms with Gasteiger partial charge in [0.15, 0.2) is 0 Å². The molecule has 1 aliphatic heterocycles. The van der Waals surface area contributed by atoms with E-state index in [-0.39, 0.29) is 12.2 Å². The van der Waals surface area contributed by atoms with Gasteiger partial charge in [0, 0.05) is 31.6 Å². The molecule has 1 fully saturated rings. The molecule has 0 spiro atoms. The molecule has 1 aliphatic rings. The largest absolute Gasteiger partial charge is 0.364 e. The van der Waals surface area contributed by atoms with Gasteiger partial charge in [0.25, 0.3) is 5.91 Å². The fourth-order valence-electron chi connectivity index (χ4n) is 2.25. The maximum absolute atomic E-state index is 11.9. The van der Waals surface area contributed by atoms with E-state index >= 15 is 0 Å². The highest BCUT2D eigenvalue weighted by Gasteiger charge is 2.13. The molecule has 0 atom stereocenters. The van der Waals surface area contributed by atoms with Gasteiger partial charge >= 0.3 is 6.03 Å². The number of hydrogen-bond donors (Lipinski definition) is 4. The van der Waals surface area contributed by atoms with E-state index < -0.39 is 11.9 Å². The van der Waals surface area contributed by atoms with Gasteiger partial charge in [-0.05, 0) is 0 Å². The van der Waals surface area contributed by atoms with Crippen molar-refractivity contribution in [3.05, 3.63) is 28.5 Å². The van der Waals surface area contributed by atoms with Crippen LogP contribution in [-0.4, -0.2) is 53.1 Å². The molecule has 132 valence electrons. The van der Waals surface area contributed by atoms with Crippen molar-refractivity contribution in [2.75, 3.05) is 36.4 Å². The Hall–Kier alpha value is -2.79. The van der Waals surface area contributed by atoms with Gasteiger partial charge in [-0.1, -0.05) is 0 Å². The van der Waals surface area contributed by atoms with Crippen LogP contribution < -0.4 is 26.6 Å². The Morgan fingerprint density at radius 2 is 2.00 bits per heavy atom. The number of anilines is 2. The minimum atomic E-state index is -0.589. The van der Waals surface area contributed by atoms with Gasteiger partial charge in [-0.2, -0.15) is 0 Å². The Bertz CT molecular complexity index is 742. The van der Waals surface area contributed by atoms with E-state index in [1.165, 1.54) is 11.3 Å². The zero-order valence-electron chi connectivity index (χ0n) is 13.4. The maximum atomic E-state index is 11.9. The summed E-state index contributed by atoms with van der Waals surface area (Å²) in [6.45, 7) is 3.71. The van der Waals surface area contributed by atoms with Crippen LogP contribution >= 0.6 is 11.3 Å². The molecule has 0 radical (unpaired) electrons. The quantitative estimate of drug-likeness (QED) is 0.576. The molecule has 25 heavy (non-hydrogen) atoms. The van der Waals surface area contributed by atoms with Crippen LogP contribution in [0.15, 0.2) is 17.8 Å². The van der Waals surface area contributed by atoms with Crippen molar-refractivity contribution in [1.29, 1.82) is 0 Å². The molecule has 0 aliphatic carbocycles. The number of piperazine rings is 1. The molecule has 3 rings (SSSR count). The second kappa shape index (κ2) is 7.85. The first kappa shape index (κ1) is 17.0. The van der Waals surface area contributed by atoms with Gasteiger partial charge in [-0.15, -0.1) is 11.3 Å². The highest BCUT2D eigenvalue weighted by atomic mass is 32.1. The van der Waals surface area contributed by atoms with Crippen LogP contribution in [0.25, 0.3) is 0 Å². The second-order valence-electron chi connectivity index (χ2n) is 5.31. The molecular formula is C14H18N8O2S. The van der Waals surface area contributed by atoms with Gasteiger partial charge < -0.3 is 26.6 Å². The normalized spacial score (nSPS) is 14.2. The lowest BCUT2D eigenvalue weighted by molar-refractivity contribution is 0.0996. The van der Waals surface area contributed by atoms with Crippen LogP contribution in [-0.2, 0) is 6.54 Å². The van der Waals surface area contributed by atoms with Crippen molar-refractivity contribution >= 4 is 34.9 Å². The Morgan fingerprint density at radius 3 is 2.64 bits per heavy atom. The van der Waals surface area contributed by atoms with E-state index in [2.05, 4.69) is 35.8 Å². The van der Waals surface area contributed by atoms with Crippen LogP contribution in [0.1, 0.15) is 15.5 Å². The Labute approximate surface area is 147 Å². The number of aromatic nitrogens is 3. The summed E-state index contributed by atoms with van der Waals surface area (Å²) in [5.74, 6) is 0.0582. The summed E-state index contributed by atoms with van der Waals surface area (Å²) in [5.41, 5.74) is 5.82. The highest BCUT2D eigenvalue weighted by molar-refractivity contribution is 7.09. The molecular weight excluding hydrogens is 344 g/mol. The molecule has 0 bridgehead atoms. The number of carbonyl (C=O) groups is 2. The Kier molecular flexibility index (Phi) is 5.36. The fourth-order valence-corrected chi connectivity index (χ4v) is 2.97. The predicted octanol–water partition coefficient (Wildman–Crippen LogP) is -0.237. The lowest BCUT2D eigenvalue weighted by Crippen LogP contribution is -2.44. The zero-order chi connectivity index (χ0) is 17.6. The molecule has 2 aromatic rings. The summed E-state index contributed by atoms with van der Waals surface area (Å²) < 4.78 is 0. The maximum Gasteiger partial charge on any atom is 0.319 e. The molecule has 0 aromatic carbocycles. The number of rotatable bonds is 5. The lowest BCUT2D eigenvalue weighted by Gasteiger charge is -2.27. The first-order valence-corrected chi connectivity index (χ1v) is 8.56. The van der Waals surface area contributed by atoms with E-state index in [1.54, 1.807) is 17.8 Å². The first-order chi connectivity index (χ1) is 12.1. The van der Waals surface area contributed by atoms with Gasteiger partial charge in [0.1, 0.15) is 10.7 Å². The molecule has 2 aromatic heterocycles. The van der Waals surface area contributed by atoms with E-state index in [0.29, 0.717) is 16.6 Å². The van der Waals surface area contributed by atoms with E-state index in [0.717, 1.165) is 26.2 Å². The number of nitrogens with one attached hydrogen (secondary N) is 3. The van der Waals surface area contributed by atoms with Crippen LogP contribution in [0.5, 0.6) is 0 Å². The average molecular weight is 362 g/mol. The van der Waals surface area contributed by atoms with Crippen LogP contribution in [0.4, 0.5) is 16.4 Å². The third kappa shape index (κ3) is 4.61. The first-order valence-electron chi connectivity index (χ1n) is 7.68. The SMILES string of the molecule is NC(=O)c1csc(CNC(=O)Nc2cnc(N3CCNCC3)nc2)n1. The molecule has 3 heterocycles. The van der Waals surface area contributed by atoms with E-state index in [9.17, 15) is 9.59 Å². The molecule has 0 unspecified atom stereocenters. The minimum absolute atomic E-state index is 0.194. The highest BCUT2D eigenvalue weighted by Crippen LogP contribution is 2.11. The van der Waals surface area contributed by atoms with Crippen molar-refractivity contribution in [1.82, 2.24) is 25.6 Å². The molecule has 10 nitrogen and oxygen atoms in total. The lowest BCUT2D eigenvalue weighted by atomic mass is 10.4. The second-order valence-corrected chi connectivity index (χ2v) is 6.25. The molecule has 5 N–H and O–H groups in total. The smallest absolute Gasteiger partial charge is 0.319 e. The Balaban J connectivity index is 1.49. The number of carbonyl (C=O) groups excluding carboxylic acids is 2. The minimum Gasteiger partial charge on any atom is -0.364 e. The molecule has 1 saturated heterocycles. The Morgan fingerprint density at radius 1 is 1.28 bits per heavy atom. The van der Waals surface area contributed by atoms with Gasteiger partial charge in [-0.3, -0.25) is 4.79 Å². The number of primary amides is 1. The summed E-state index contributed by atoms with van der Waals surface area (Å²) in [6, 6.07) is -0.408. The monoisotopic (exact) mass is 362 g/mol. The molecule has 0 saturated carbocycles. The van der Waals surface area contributed by atoms with Crippen molar-refractivity contribution in [2.24, 2.45) is 5.73 Å². The summed E-state index contributed by atoms with van der Waals surface area (Å²) in [4.78, 5) is 37.5. The summed E-state index contributed by atoms with van der Waals surface area (Å²) in [7, 11) is 0. The third-order valence-electron chi connectivity index (χ3n) is 3.50. The van der Waals surface area contributed by atoms with E-state index in [4.69, 9.17) is 5.73 Å². The van der Waals surface area contributed by atoms with Crippen molar-refractivity contribution in [2.45, 2.75) is 6.54 Å². The van der Waals surface area contributed by atoms with Gasteiger partial charge in [0.2, 0.25) is 5.95 Å². The molecule has 3 amide bonds. The summed E-state index contributed by atoms with van der Waals surface area (Å²) in [5, 5.41) is 10.7. The standard InChI is InChI=1S/C14H18N8O2S/c15-12(23)10-8-25-11(21-10)7-19-14(24)20-9-5-17-13(18-6-9)22-3-1-16-2-4-22/h5-6,8,16H,1-4,7H2,(H2,15,23)(H2,19,20,24). The topological polar surface area (TPSA) is 138 Å². The van der Waals surface area contributed by atoms with Crippen molar-refractivity contribution in [3.63, 3.8) is 0 Å². The number of urea groups is 1. The zero-order valence-corrected chi connectivity index (χ0v) is 14.2. The summed E-state index contributed by atoms with van der Waals surface area (Å²) >= 11 is 1.25. The summed E-state index contributed by atoms with van der Waals surface area (Å²) in [6.07, 6.45) is 3.14. The van der Waals surface area contributed by atoms with Crippen LogP contribution in [0, 0.1) is 0 Å². The number of hydrogen-bond acceptors (Lipinski definition) is 8. The van der Waals surface area contributed by atoms with Crippen molar-refractivity contribution < 1.29 is 9.59 Å². The van der Waals surface area contributed by atoms with Crippen molar-refractivity contribution in [3.8, 4) is 0 Å². The third-order valence-corrected chi connectivity index (χ3v) is 4.35. The number of thiazole rings is 1. The average Bonchev–Trinajstić information content (AvgIpc) is 3.11. The number of amides is 3. The van der Waals surface area contributed by atoms with Crippen LogP contribution in [0.2, 0.25) is 0 Å². The number of nitrogens with zero attached hydrogens (tertiary/aromatic N) is 4.